The molecule has 2 rings (SSSR count). The molecule has 1 amide bonds. The Bertz CT molecular complexity index is 556. The maximum atomic E-state index is 12.3. The van der Waals surface area contributed by atoms with Gasteiger partial charge in [0, 0.05) is 13.1 Å². The molecule has 6 heteroatoms. The molecule has 1 unspecified atom stereocenters. The summed E-state index contributed by atoms with van der Waals surface area (Å²) in [6.45, 7) is 2.63. The molecule has 110 valence electrons. The summed E-state index contributed by atoms with van der Waals surface area (Å²) in [5.74, 6) is -0.0224. The fourth-order valence-electron chi connectivity index (χ4n) is 2.38. The van der Waals surface area contributed by atoms with Crippen LogP contribution in [0.2, 0.25) is 0 Å². The number of hydrogen-bond acceptors (Lipinski definition) is 4. The van der Waals surface area contributed by atoms with Crippen LogP contribution in [0.5, 0.6) is 0 Å². The van der Waals surface area contributed by atoms with E-state index >= 15 is 0 Å². The standard InChI is InChI=1S/C14H19NO4S/c1-2-19-14(16)15-9-8-13(20(17,18)11-10-15)12-6-4-3-5-7-12/h3-7,13H,2,8-11H2,1H3. The van der Waals surface area contributed by atoms with Crippen LogP contribution in [-0.2, 0) is 14.6 Å². The summed E-state index contributed by atoms with van der Waals surface area (Å²) >= 11 is 0. The van der Waals surface area contributed by atoms with Crippen LogP contribution in [0.1, 0.15) is 24.2 Å². The predicted molar refractivity (Wildman–Crippen MR) is 76.2 cm³/mol. The largest absolute Gasteiger partial charge is 0.450 e. The van der Waals surface area contributed by atoms with Crippen LogP contribution in [0, 0.1) is 0 Å². The van der Waals surface area contributed by atoms with Crippen LogP contribution in [0.3, 0.4) is 0 Å². The molecule has 5 nitrogen and oxygen atoms in total. The van der Waals surface area contributed by atoms with Gasteiger partial charge in [-0.2, -0.15) is 0 Å². The topological polar surface area (TPSA) is 63.7 Å². The molecule has 0 N–H and O–H groups in total. The Balaban J connectivity index is 2.18. The maximum Gasteiger partial charge on any atom is 0.409 e. The Morgan fingerprint density at radius 2 is 2.00 bits per heavy atom. The average Bonchev–Trinajstić information content (AvgIpc) is 2.58. The second-order valence-corrected chi connectivity index (χ2v) is 7.04. The number of ether oxygens (including phenoxy) is 1. The van der Waals surface area contributed by atoms with Crippen molar-refractivity contribution in [1.82, 2.24) is 4.90 Å². The first-order valence-corrected chi connectivity index (χ1v) is 8.44. The molecule has 1 heterocycles. The van der Waals surface area contributed by atoms with Crippen molar-refractivity contribution in [2.75, 3.05) is 25.4 Å². The highest BCUT2D eigenvalue weighted by Crippen LogP contribution is 2.29. The first-order valence-electron chi connectivity index (χ1n) is 6.73. The van der Waals surface area contributed by atoms with Gasteiger partial charge in [-0.25, -0.2) is 13.2 Å². The van der Waals surface area contributed by atoms with E-state index in [1.54, 1.807) is 6.92 Å². The number of rotatable bonds is 2. The quantitative estimate of drug-likeness (QED) is 0.837. The summed E-state index contributed by atoms with van der Waals surface area (Å²) in [5, 5.41) is -0.539. The second kappa shape index (κ2) is 6.26. The Kier molecular flexibility index (Phi) is 4.65. The molecule has 20 heavy (non-hydrogen) atoms. The van der Waals surface area contributed by atoms with Crippen LogP contribution >= 0.6 is 0 Å². The van der Waals surface area contributed by atoms with Gasteiger partial charge in [-0.05, 0) is 18.9 Å². The Morgan fingerprint density at radius 3 is 2.65 bits per heavy atom. The fraction of sp³-hybridized carbons (Fsp3) is 0.500. The maximum absolute atomic E-state index is 12.3. The van der Waals surface area contributed by atoms with Crippen molar-refractivity contribution >= 4 is 15.9 Å². The van der Waals surface area contributed by atoms with Crippen molar-refractivity contribution in [2.45, 2.75) is 18.6 Å². The summed E-state index contributed by atoms with van der Waals surface area (Å²) in [5.41, 5.74) is 0.790. The number of carbonyl (C=O) groups excluding carboxylic acids is 1. The SMILES string of the molecule is CCOC(=O)N1CCC(c2ccccc2)S(=O)(=O)CC1. The molecule has 0 aliphatic carbocycles. The molecule has 1 fully saturated rings. The first-order chi connectivity index (χ1) is 9.54. The van der Waals surface area contributed by atoms with Gasteiger partial charge in [0.15, 0.2) is 9.84 Å². The molecule has 1 aromatic carbocycles. The lowest BCUT2D eigenvalue weighted by molar-refractivity contribution is 0.109. The Morgan fingerprint density at radius 1 is 1.30 bits per heavy atom. The molecule has 0 aromatic heterocycles. The molecule has 1 saturated heterocycles. The van der Waals surface area contributed by atoms with Crippen molar-refractivity contribution in [3.8, 4) is 0 Å². The lowest BCUT2D eigenvalue weighted by atomic mass is 10.1. The van der Waals surface area contributed by atoms with E-state index in [2.05, 4.69) is 0 Å². The highest BCUT2D eigenvalue weighted by atomic mass is 32.2. The van der Waals surface area contributed by atoms with Gasteiger partial charge < -0.3 is 9.64 Å². The van der Waals surface area contributed by atoms with Crippen LogP contribution in [-0.4, -0.2) is 44.9 Å². The zero-order valence-electron chi connectivity index (χ0n) is 11.5. The van der Waals surface area contributed by atoms with Gasteiger partial charge in [0.25, 0.3) is 0 Å². The fourth-order valence-corrected chi connectivity index (χ4v) is 4.18. The number of hydrogen-bond donors (Lipinski definition) is 0. The highest BCUT2D eigenvalue weighted by molar-refractivity contribution is 7.91. The van der Waals surface area contributed by atoms with E-state index in [0.717, 1.165) is 5.56 Å². The third-order valence-electron chi connectivity index (χ3n) is 3.44. The van der Waals surface area contributed by atoms with E-state index in [1.807, 2.05) is 30.3 Å². The third-order valence-corrected chi connectivity index (χ3v) is 5.56. The minimum Gasteiger partial charge on any atom is -0.450 e. The number of benzene rings is 1. The first kappa shape index (κ1) is 14.8. The average molecular weight is 297 g/mol. The zero-order chi connectivity index (χ0) is 14.6. The van der Waals surface area contributed by atoms with Gasteiger partial charge in [0.1, 0.15) is 0 Å². The lowest BCUT2D eigenvalue weighted by Crippen LogP contribution is -2.34. The Hall–Kier alpha value is -1.56. The highest BCUT2D eigenvalue weighted by Gasteiger charge is 2.32. The third kappa shape index (κ3) is 3.30. The molecular weight excluding hydrogens is 278 g/mol. The number of nitrogens with zero attached hydrogens (tertiary/aromatic N) is 1. The van der Waals surface area contributed by atoms with Gasteiger partial charge >= 0.3 is 6.09 Å². The smallest absolute Gasteiger partial charge is 0.409 e. The summed E-state index contributed by atoms with van der Waals surface area (Å²) in [7, 11) is -3.24. The normalized spacial score (nSPS) is 22.1. The summed E-state index contributed by atoms with van der Waals surface area (Å²) in [6.07, 6.45) is -0.0260. The van der Waals surface area contributed by atoms with Crippen molar-refractivity contribution in [2.24, 2.45) is 0 Å². The van der Waals surface area contributed by atoms with Gasteiger partial charge in [0.05, 0.1) is 17.6 Å². The molecule has 0 radical (unpaired) electrons. The van der Waals surface area contributed by atoms with E-state index in [9.17, 15) is 13.2 Å². The van der Waals surface area contributed by atoms with E-state index in [-0.39, 0.29) is 12.3 Å². The summed E-state index contributed by atoms with van der Waals surface area (Å²) < 4.78 is 29.6. The summed E-state index contributed by atoms with van der Waals surface area (Å²) in [4.78, 5) is 13.2. The zero-order valence-corrected chi connectivity index (χ0v) is 12.3. The molecule has 0 saturated carbocycles. The predicted octanol–water partition coefficient (Wildman–Crippen LogP) is 2.00. The van der Waals surface area contributed by atoms with E-state index < -0.39 is 21.2 Å². The van der Waals surface area contributed by atoms with Crippen molar-refractivity contribution in [1.29, 1.82) is 0 Å². The van der Waals surface area contributed by atoms with E-state index in [0.29, 0.717) is 19.6 Å². The summed E-state index contributed by atoms with van der Waals surface area (Å²) in [6, 6.07) is 9.17. The van der Waals surface area contributed by atoms with Gasteiger partial charge in [-0.1, -0.05) is 30.3 Å². The molecule has 1 aromatic rings. The monoisotopic (exact) mass is 297 g/mol. The van der Waals surface area contributed by atoms with E-state index in [1.165, 1.54) is 4.90 Å². The minimum absolute atomic E-state index is 0.0224. The molecule has 1 aliphatic heterocycles. The minimum atomic E-state index is -3.24. The molecule has 0 spiro atoms. The molecule has 0 bridgehead atoms. The van der Waals surface area contributed by atoms with Gasteiger partial charge in [0.2, 0.25) is 0 Å². The van der Waals surface area contributed by atoms with Crippen LogP contribution in [0.4, 0.5) is 4.79 Å². The molecule has 1 aliphatic rings. The van der Waals surface area contributed by atoms with Gasteiger partial charge in [-0.15, -0.1) is 0 Å². The number of amides is 1. The van der Waals surface area contributed by atoms with Crippen LogP contribution < -0.4 is 0 Å². The molecule has 1 atom stereocenters. The second-order valence-electron chi connectivity index (χ2n) is 4.74. The molecular formula is C14H19NO4S. The number of carbonyl (C=O) groups is 1. The van der Waals surface area contributed by atoms with Crippen molar-refractivity contribution < 1.29 is 17.9 Å². The Labute approximate surface area is 119 Å². The van der Waals surface area contributed by atoms with Gasteiger partial charge in [-0.3, -0.25) is 0 Å². The van der Waals surface area contributed by atoms with Crippen molar-refractivity contribution in [3.05, 3.63) is 35.9 Å². The van der Waals surface area contributed by atoms with Crippen molar-refractivity contribution in [3.63, 3.8) is 0 Å². The van der Waals surface area contributed by atoms with E-state index in [4.69, 9.17) is 4.74 Å². The van der Waals surface area contributed by atoms with Crippen LogP contribution in [0.25, 0.3) is 0 Å². The number of sulfone groups is 1. The lowest BCUT2D eigenvalue weighted by Gasteiger charge is -2.18. The van der Waals surface area contributed by atoms with Crippen LogP contribution in [0.15, 0.2) is 30.3 Å².